The lowest BCUT2D eigenvalue weighted by Gasteiger charge is -2.33. The number of aromatic nitrogens is 2. The molecule has 4 rings (SSSR count). The molecule has 1 N–H and O–H groups in total. The van der Waals surface area contributed by atoms with E-state index in [0.29, 0.717) is 6.42 Å². The third-order valence-corrected chi connectivity index (χ3v) is 6.28. The minimum absolute atomic E-state index is 0.152. The maximum atomic E-state index is 12.9. The summed E-state index contributed by atoms with van der Waals surface area (Å²) in [6, 6.07) is 2.73. The van der Waals surface area contributed by atoms with Gasteiger partial charge >= 0.3 is 6.18 Å². The highest BCUT2D eigenvalue weighted by Crippen LogP contribution is 2.42. The van der Waals surface area contributed by atoms with Gasteiger partial charge in [-0.25, -0.2) is 8.42 Å². The van der Waals surface area contributed by atoms with E-state index in [9.17, 15) is 21.6 Å². The molecular formula is C15H12F3N3O2S. The second-order valence-corrected chi connectivity index (χ2v) is 7.61. The first kappa shape index (κ1) is 15.4. The zero-order chi connectivity index (χ0) is 17.1. The van der Waals surface area contributed by atoms with Gasteiger partial charge < -0.3 is 0 Å². The molecule has 2 aliphatic rings. The number of alkyl halides is 3. The minimum atomic E-state index is -4.50. The van der Waals surface area contributed by atoms with Gasteiger partial charge in [0.15, 0.2) is 0 Å². The predicted molar refractivity (Wildman–Crippen MR) is 78.4 cm³/mol. The summed E-state index contributed by atoms with van der Waals surface area (Å²) in [6.45, 7) is 0. The number of fused-ring (bicyclic) bond motifs is 4. The summed E-state index contributed by atoms with van der Waals surface area (Å²) < 4.78 is 65.1. The Morgan fingerprint density at radius 2 is 1.88 bits per heavy atom. The number of rotatable bonds is 2. The molecule has 24 heavy (non-hydrogen) atoms. The van der Waals surface area contributed by atoms with Crippen LogP contribution in [0.15, 0.2) is 47.5 Å². The molecule has 9 heteroatoms. The molecule has 0 aliphatic carbocycles. The van der Waals surface area contributed by atoms with Gasteiger partial charge in [0.25, 0.3) is 0 Å². The van der Waals surface area contributed by atoms with E-state index in [1.54, 1.807) is 18.3 Å². The van der Waals surface area contributed by atoms with Crippen LogP contribution in [0.25, 0.3) is 0 Å². The standard InChI is InChI=1S/C15H12F3N3O2S/c16-15(17,18)9-1-4-11(5-2-9)24(22,23)21-10-3-6-14(21)12-8-19-20-13(12)7-10/h1-6,8,10,14H,7H2,(H,19,20). The number of benzene rings is 1. The second kappa shape index (κ2) is 4.93. The van der Waals surface area contributed by atoms with Crippen LogP contribution in [0.4, 0.5) is 13.2 Å². The van der Waals surface area contributed by atoms with Crippen LogP contribution < -0.4 is 0 Å². The molecule has 2 bridgehead atoms. The quantitative estimate of drug-likeness (QED) is 0.843. The van der Waals surface area contributed by atoms with Crippen molar-refractivity contribution in [2.75, 3.05) is 0 Å². The highest BCUT2D eigenvalue weighted by Gasteiger charge is 2.44. The molecule has 0 saturated heterocycles. The van der Waals surface area contributed by atoms with Crippen LogP contribution >= 0.6 is 0 Å². The van der Waals surface area contributed by atoms with Crippen LogP contribution in [0.1, 0.15) is 22.9 Å². The molecule has 0 radical (unpaired) electrons. The topological polar surface area (TPSA) is 66.1 Å². The number of sulfonamides is 1. The van der Waals surface area contributed by atoms with Crippen molar-refractivity contribution in [3.05, 3.63) is 59.4 Å². The van der Waals surface area contributed by atoms with E-state index in [2.05, 4.69) is 10.2 Å². The Kier molecular flexibility index (Phi) is 3.17. The largest absolute Gasteiger partial charge is 0.416 e. The zero-order valence-electron chi connectivity index (χ0n) is 12.2. The predicted octanol–water partition coefficient (Wildman–Crippen LogP) is 2.66. The van der Waals surface area contributed by atoms with Gasteiger partial charge in [0.05, 0.1) is 22.7 Å². The van der Waals surface area contributed by atoms with E-state index in [0.717, 1.165) is 35.5 Å². The normalized spacial score (nSPS) is 23.5. The van der Waals surface area contributed by atoms with Crippen molar-refractivity contribution in [2.24, 2.45) is 0 Å². The fourth-order valence-electron chi connectivity index (χ4n) is 3.22. The number of aromatic amines is 1. The van der Waals surface area contributed by atoms with Crippen molar-refractivity contribution in [3.63, 3.8) is 0 Å². The fraction of sp³-hybridized carbons (Fsp3) is 0.267. The van der Waals surface area contributed by atoms with E-state index in [-0.39, 0.29) is 10.9 Å². The van der Waals surface area contributed by atoms with E-state index in [1.165, 1.54) is 4.31 Å². The average molecular weight is 355 g/mol. The highest BCUT2D eigenvalue weighted by atomic mass is 32.2. The molecule has 1 aromatic carbocycles. The van der Waals surface area contributed by atoms with Gasteiger partial charge in [0.1, 0.15) is 0 Å². The summed E-state index contributed by atoms with van der Waals surface area (Å²) in [5.41, 5.74) is 0.780. The lowest BCUT2D eigenvalue weighted by Crippen LogP contribution is -2.42. The van der Waals surface area contributed by atoms with Gasteiger partial charge in [-0.1, -0.05) is 12.2 Å². The van der Waals surface area contributed by atoms with Gasteiger partial charge in [-0.3, -0.25) is 5.10 Å². The minimum Gasteiger partial charge on any atom is -0.282 e. The highest BCUT2D eigenvalue weighted by molar-refractivity contribution is 7.89. The Hall–Kier alpha value is -2.13. The lowest BCUT2D eigenvalue weighted by atomic mass is 10.0. The molecular weight excluding hydrogens is 343 g/mol. The van der Waals surface area contributed by atoms with Gasteiger partial charge in [-0.05, 0) is 24.3 Å². The van der Waals surface area contributed by atoms with Gasteiger partial charge in [-0.15, -0.1) is 0 Å². The molecule has 0 saturated carbocycles. The van der Waals surface area contributed by atoms with Gasteiger partial charge in [-0.2, -0.15) is 22.6 Å². The van der Waals surface area contributed by atoms with E-state index in [1.807, 2.05) is 0 Å². The van der Waals surface area contributed by atoms with Crippen molar-refractivity contribution >= 4 is 10.0 Å². The molecule has 0 fully saturated rings. The molecule has 2 atom stereocenters. The van der Waals surface area contributed by atoms with Gasteiger partial charge in [0.2, 0.25) is 10.0 Å². The summed E-state index contributed by atoms with van der Waals surface area (Å²) in [4.78, 5) is -0.152. The molecule has 126 valence electrons. The Balaban J connectivity index is 1.72. The molecule has 0 amide bonds. The third kappa shape index (κ3) is 2.19. The molecule has 5 nitrogen and oxygen atoms in total. The zero-order valence-corrected chi connectivity index (χ0v) is 13.0. The first-order valence-electron chi connectivity index (χ1n) is 7.20. The van der Waals surface area contributed by atoms with Crippen LogP contribution in [-0.4, -0.2) is 29.0 Å². The third-order valence-electron chi connectivity index (χ3n) is 4.36. The number of hydrogen-bond donors (Lipinski definition) is 1. The van der Waals surface area contributed by atoms with Crippen molar-refractivity contribution < 1.29 is 21.6 Å². The Bertz CT molecular complexity index is 916. The summed E-state index contributed by atoms with van der Waals surface area (Å²) in [5, 5.41) is 6.80. The van der Waals surface area contributed by atoms with E-state index >= 15 is 0 Å². The van der Waals surface area contributed by atoms with Crippen LogP contribution in [0, 0.1) is 0 Å². The monoisotopic (exact) mass is 355 g/mol. The van der Waals surface area contributed by atoms with E-state index < -0.39 is 27.8 Å². The SMILES string of the molecule is O=S(=O)(c1ccc(C(F)(F)F)cc1)N1C2C=CC1c1cn[nH]c1C2. The first-order valence-corrected chi connectivity index (χ1v) is 8.64. The molecule has 1 aromatic heterocycles. The van der Waals surface area contributed by atoms with Gasteiger partial charge in [0, 0.05) is 23.7 Å². The molecule has 2 aliphatic heterocycles. The molecule has 0 spiro atoms. The van der Waals surface area contributed by atoms with Crippen LogP contribution in [-0.2, 0) is 22.6 Å². The van der Waals surface area contributed by atoms with Crippen molar-refractivity contribution in [3.8, 4) is 0 Å². The molecule has 3 heterocycles. The smallest absolute Gasteiger partial charge is 0.282 e. The maximum absolute atomic E-state index is 12.9. The number of hydrogen-bond acceptors (Lipinski definition) is 3. The fourth-order valence-corrected chi connectivity index (χ4v) is 4.93. The summed E-state index contributed by atoms with van der Waals surface area (Å²) in [7, 11) is -3.92. The number of nitrogens with one attached hydrogen (secondary N) is 1. The molecule has 2 unspecified atom stereocenters. The average Bonchev–Trinajstić information content (AvgIpc) is 3.12. The molecule has 2 aromatic rings. The maximum Gasteiger partial charge on any atom is 0.416 e. The Morgan fingerprint density at radius 3 is 2.54 bits per heavy atom. The lowest BCUT2D eigenvalue weighted by molar-refractivity contribution is -0.137. The summed E-state index contributed by atoms with van der Waals surface area (Å²) >= 11 is 0. The summed E-state index contributed by atoms with van der Waals surface area (Å²) in [5.74, 6) is 0. The summed E-state index contributed by atoms with van der Waals surface area (Å²) in [6.07, 6.45) is 1.14. The van der Waals surface area contributed by atoms with Crippen LogP contribution in [0.3, 0.4) is 0 Å². The Labute approximate surface area is 135 Å². The number of H-pyrrole nitrogens is 1. The van der Waals surface area contributed by atoms with Crippen molar-refractivity contribution in [2.45, 2.75) is 29.6 Å². The Morgan fingerprint density at radius 1 is 1.17 bits per heavy atom. The number of halogens is 3. The van der Waals surface area contributed by atoms with Crippen molar-refractivity contribution in [1.82, 2.24) is 14.5 Å². The van der Waals surface area contributed by atoms with Crippen LogP contribution in [0.5, 0.6) is 0 Å². The van der Waals surface area contributed by atoms with Crippen molar-refractivity contribution in [1.29, 1.82) is 0 Å². The second-order valence-electron chi connectivity index (χ2n) is 5.76. The first-order chi connectivity index (χ1) is 11.3. The number of nitrogens with zero attached hydrogens (tertiary/aromatic N) is 2. The van der Waals surface area contributed by atoms with E-state index in [4.69, 9.17) is 0 Å². The van der Waals surface area contributed by atoms with Crippen LogP contribution in [0.2, 0.25) is 0 Å².